The monoisotopic (exact) mass is 389 g/mol. The lowest BCUT2D eigenvalue weighted by atomic mass is 10.0. The first-order valence-electron chi connectivity index (χ1n) is 7.63. The van der Waals surface area contributed by atoms with Crippen molar-refractivity contribution in [3.05, 3.63) is 58.7 Å². The lowest BCUT2D eigenvalue weighted by Crippen LogP contribution is -2.15. The van der Waals surface area contributed by atoms with Gasteiger partial charge in [0.1, 0.15) is 0 Å². The minimum absolute atomic E-state index is 0.0871. The van der Waals surface area contributed by atoms with E-state index in [1.165, 1.54) is 10.6 Å². The second-order valence-electron chi connectivity index (χ2n) is 5.90. The van der Waals surface area contributed by atoms with Crippen molar-refractivity contribution in [2.24, 2.45) is 0 Å². The van der Waals surface area contributed by atoms with Gasteiger partial charge in [-0.3, -0.25) is 0 Å². The van der Waals surface area contributed by atoms with Gasteiger partial charge in [-0.25, -0.2) is 4.98 Å². The Labute approximate surface area is 148 Å². The van der Waals surface area contributed by atoms with Gasteiger partial charge in [-0.2, -0.15) is 26.3 Å². The van der Waals surface area contributed by atoms with Crippen molar-refractivity contribution in [2.45, 2.75) is 25.5 Å². The van der Waals surface area contributed by atoms with Gasteiger partial charge in [-0.1, -0.05) is 12.1 Å². The van der Waals surface area contributed by atoms with Crippen molar-refractivity contribution in [2.75, 3.05) is 5.73 Å². The van der Waals surface area contributed by atoms with Crippen LogP contribution in [0.2, 0.25) is 0 Å². The molecule has 3 N–H and O–H groups in total. The van der Waals surface area contributed by atoms with Crippen LogP contribution in [0.4, 0.5) is 32.3 Å². The Morgan fingerprint density at radius 3 is 2.26 bits per heavy atom. The zero-order valence-corrected chi connectivity index (χ0v) is 13.6. The third kappa shape index (κ3) is 3.70. The predicted octanol–water partition coefficient (Wildman–Crippen LogP) is 4.20. The summed E-state index contributed by atoms with van der Waals surface area (Å²) in [6, 6.07) is 6.11. The zero-order chi connectivity index (χ0) is 20.0. The Balaban J connectivity index is 2.13. The van der Waals surface area contributed by atoms with Crippen LogP contribution in [0.3, 0.4) is 0 Å². The summed E-state index contributed by atoms with van der Waals surface area (Å²) in [6.07, 6.45) is -9.87. The lowest BCUT2D eigenvalue weighted by Gasteiger charge is -2.17. The molecular formula is C17H13F6N3O. The number of aromatic nitrogens is 2. The fourth-order valence-corrected chi connectivity index (χ4v) is 2.78. The maximum Gasteiger partial charge on any atom is 0.416 e. The Morgan fingerprint density at radius 1 is 0.963 bits per heavy atom. The molecule has 0 bridgehead atoms. The van der Waals surface area contributed by atoms with Crippen molar-refractivity contribution in [3.63, 3.8) is 0 Å². The molecule has 144 valence electrons. The van der Waals surface area contributed by atoms with E-state index in [1.807, 2.05) is 0 Å². The number of hydrogen-bond donors (Lipinski definition) is 2. The molecule has 4 nitrogen and oxygen atoms in total. The molecule has 0 saturated carbocycles. The second-order valence-corrected chi connectivity index (χ2v) is 5.90. The van der Waals surface area contributed by atoms with E-state index in [0.717, 1.165) is 6.07 Å². The van der Waals surface area contributed by atoms with Crippen molar-refractivity contribution in [3.8, 4) is 0 Å². The van der Waals surface area contributed by atoms with Crippen molar-refractivity contribution >= 4 is 17.0 Å². The number of nitrogen functional groups attached to an aromatic ring is 1. The molecule has 10 heteroatoms. The van der Waals surface area contributed by atoms with E-state index in [2.05, 4.69) is 4.98 Å². The number of nitrogens with zero attached hydrogens (tertiary/aromatic N) is 2. The van der Waals surface area contributed by atoms with E-state index < -0.39 is 30.0 Å². The van der Waals surface area contributed by atoms with Crippen molar-refractivity contribution in [1.82, 2.24) is 9.55 Å². The summed E-state index contributed by atoms with van der Waals surface area (Å²) >= 11 is 0. The number of rotatable bonds is 3. The van der Waals surface area contributed by atoms with Crippen LogP contribution in [0.15, 0.2) is 36.4 Å². The number of nitrogens with two attached hydrogens (primary N) is 1. The smallest absolute Gasteiger partial charge is 0.392 e. The van der Waals surface area contributed by atoms with E-state index in [1.54, 1.807) is 12.1 Å². The molecule has 0 spiro atoms. The fourth-order valence-electron chi connectivity index (χ4n) is 2.78. The summed E-state index contributed by atoms with van der Waals surface area (Å²) in [6.45, 7) is -0.723. The molecule has 1 aromatic heterocycles. The molecule has 0 atom stereocenters. The van der Waals surface area contributed by atoms with Crippen molar-refractivity contribution in [1.29, 1.82) is 0 Å². The SMILES string of the molecule is Nc1nc2ccc(CO)cc2n1Cc1ccc(C(F)(F)F)cc1C(F)(F)F. The third-order valence-electron chi connectivity index (χ3n) is 4.10. The molecule has 2 aromatic carbocycles. The van der Waals surface area contributed by atoms with Gasteiger partial charge in [0.05, 0.1) is 35.3 Å². The van der Waals surface area contributed by atoms with Gasteiger partial charge >= 0.3 is 12.4 Å². The molecular weight excluding hydrogens is 376 g/mol. The summed E-state index contributed by atoms with van der Waals surface area (Å²) in [5, 5.41) is 9.23. The Kier molecular flexibility index (Phi) is 4.54. The first-order chi connectivity index (χ1) is 12.5. The van der Waals surface area contributed by atoms with E-state index in [9.17, 15) is 31.4 Å². The standard InChI is InChI=1S/C17H13F6N3O/c18-16(19,20)11-3-2-10(12(6-11)17(21,22)23)7-26-14-5-9(8-27)1-4-13(14)25-15(26)24/h1-6,27H,7-8H2,(H2,24,25). The quantitative estimate of drug-likeness (QED) is 0.660. The molecule has 3 aromatic rings. The molecule has 0 fully saturated rings. The third-order valence-corrected chi connectivity index (χ3v) is 4.10. The number of alkyl halides is 6. The molecule has 1 heterocycles. The number of hydrogen-bond acceptors (Lipinski definition) is 3. The van der Waals surface area contributed by atoms with E-state index in [0.29, 0.717) is 22.7 Å². The maximum atomic E-state index is 13.3. The summed E-state index contributed by atoms with van der Waals surface area (Å²) in [5.74, 6) is -0.0897. The van der Waals surface area contributed by atoms with Crippen LogP contribution in [-0.4, -0.2) is 14.7 Å². The zero-order valence-electron chi connectivity index (χ0n) is 13.6. The molecule has 0 amide bonds. The topological polar surface area (TPSA) is 64.1 Å². The van der Waals surface area contributed by atoms with E-state index in [4.69, 9.17) is 5.73 Å². The molecule has 0 aliphatic rings. The first-order valence-corrected chi connectivity index (χ1v) is 7.63. The predicted molar refractivity (Wildman–Crippen MR) is 85.6 cm³/mol. The summed E-state index contributed by atoms with van der Waals surface area (Å²) in [5.41, 5.74) is 3.88. The Hall–Kier alpha value is -2.75. The van der Waals surface area contributed by atoms with Gasteiger partial charge in [-0.15, -0.1) is 0 Å². The number of anilines is 1. The van der Waals surface area contributed by atoms with Gasteiger partial charge < -0.3 is 15.4 Å². The maximum absolute atomic E-state index is 13.3. The van der Waals surface area contributed by atoms with Gasteiger partial charge in [0, 0.05) is 0 Å². The highest BCUT2D eigenvalue weighted by Gasteiger charge is 2.38. The largest absolute Gasteiger partial charge is 0.416 e. The van der Waals surface area contributed by atoms with E-state index in [-0.39, 0.29) is 24.2 Å². The average Bonchev–Trinajstić information content (AvgIpc) is 2.88. The summed E-state index contributed by atoms with van der Waals surface area (Å²) in [7, 11) is 0. The Bertz CT molecular complexity index is 991. The van der Waals surface area contributed by atoms with Crippen LogP contribution in [0.1, 0.15) is 22.3 Å². The number of aliphatic hydroxyl groups is 1. The molecule has 0 saturated heterocycles. The number of halogens is 6. The van der Waals surface area contributed by atoms with Gasteiger partial charge in [0.25, 0.3) is 0 Å². The highest BCUT2D eigenvalue weighted by molar-refractivity contribution is 5.79. The average molecular weight is 389 g/mol. The number of benzene rings is 2. The fraction of sp³-hybridized carbons (Fsp3) is 0.235. The first kappa shape index (κ1) is 19.0. The van der Waals surface area contributed by atoms with Gasteiger partial charge in [-0.05, 0) is 35.4 Å². The number of imidazole rings is 1. The minimum Gasteiger partial charge on any atom is -0.392 e. The minimum atomic E-state index is -4.97. The molecule has 0 radical (unpaired) electrons. The van der Waals surface area contributed by atoms with Gasteiger partial charge in [0.2, 0.25) is 5.95 Å². The van der Waals surface area contributed by atoms with Crippen LogP contribution in [0.5, 0.6) is 0 Å². The molecule has 0 aliphatic carbocycles. The van der Waals surface area contributed by atoms with Crippen molar-refractivity contribution < 1.29 is 31.4 Å². The van der Waals surface area contributed by atoms with Crippen LogP contribution < -0.4 is 5.73 Å². The summed E-state index contributed by atoms with van der Waals surface area (Å²) < 4.78 is 79.6. The van der Waals surface area contributed by atoms with Crippen LogP contribution in [0, 0.1) is 0 Å². The Morgan fingerprint density at radius 2 is 1.67 bits per heavy atom. The number of fused-ring (bicyclic) bond motifs is 1. The molecule has 27 heavy (non-hydrogen) atoms. The lowest BCUT2D eigenvalue weighted by molar-refractivity contribution is -0.143. The normalized spacial score (nSPS) is 12.7. The summed E-state index contributed by atoms with van der Waals surface area (Å²) in [4.78, 5) is 4.03. The molecule has 3 rings (SSSR count). The number of aliphatic hydroxyl groups excluding tert-OH is 1. The van der Waals surface area contributed by atoms with Crippen LogP contribution in [0.25, 0.3) is 11.0 Å². The van der Waals surface area contributed by atoms with Crippen LogP contribution >= 0.6 is 0 Å². The van der Waals surface area contributed by atoms with Gasteiger partial charge in [0.15, 0.2) is 0 Å². The van der Waals surface area contributed by atoms with Crippen LogP contribution in [-0.2, 0) is 25.5 Å². The molecule has 0 unspecified atom stereocenters. The second kappa shape index (κ2) is 6.45. The highest BCUT2D eigenvalue weighted by atomic mass is 19.4. The highest BCUT2D eigenvalue weighted by Crippen LogP contribution is 2.38. The molecule has 0 aliphatic heterocycles. The van der Waals surface area contributed by atoms with E-state index >= 15 is 0 Å².